The van der Waals surface area contributed by atoms with E-state index in [2.05, 4.69) is 39.1 Å². The summed E-state index contributed by atoms with van der Waals surface area (Å²) in [7, 11) is 0. The van der Waals surface area contributed by atoms with Crippen molar-refractivity contribution in [2.24, 2.45) is 4.99 Å². The van der Waals surface area contributed by atoms with Crippen LogP contribution in [0.1, 0.15) is 5.56 Å². The van der Waals surface area contributed by atoms with Gasteiger partial charge in [-0.3, -0.25) is 4.79 Å². The van der Waals surface area contributed by atoms with Crippen LogP contribution in [0, 0.1) is 0 Å². The molecule has 8 heteroatoms. The van der Waals surface area contributed by atoms with Gasteiger partial charge in [0.05, 0.1) is 16.3 Å². The summed E-state index contributed by atoms with van der Waals surface area (Å²) < 4.78 is 1.84. The summed E-state index contributed by atoms with van der Waals surface area (Å²) in [6, 6.07) is 27.9. The summed E-state index contributed by atoms with van der Waals surface area (Å²) >= 11 is 7.56. The maximum Gasteiger partial charge on any atom is 0.286 e. The Hall–Kier alpha value is -3.81. The van der Waals surface area contributed by atoms with Crippen LogP contribution in [0.5, 0.6) is 0 Å². The second kappa shape index (κ2) is 10.3. The van der Waals surface area contributed by atoms with Gasteiger partial charge in [0.2, 0.25) is 0 Å². The highest BCUT2D eigenvalue weighted by Crippen LogP contribution is 2.34. The van der Waals surface area contributed by atoms with Crippen molar-refractivity contribution in [3.63, 3.8) is 0 Å². The summed E-state index contributed by atoms with van der Waals surface area (Å²) in [5.41, 5.74) is 4.74. The van der Waals surface area contributed by atoms with Gasteiger partial charge in [0.1, 0.15) is 0 Å². The average Bonchev–Trinajstić information content (AvgIpc) is 3.54. The molecule has 0 spiro atoms. The number of carbonyl (C=O) groups excluding carboxylic acids is 1. The van der Waals surface area contributed by atoms with Gasteiger partial charge in [-0.1, -0.05) is 60.1 Å². The summed E-state index contributed by atoms with van der Waals surface area (Å²) in [6.45, 7) is 3.43. The Morgan fingerprint density at radius 1 is 0.784 bits per heavy atom. The van der Waals surface area contributed by atoms with E-state index in [0.29, 0.717) is 9.93 Å². The van der Waals surface area contributed by atoms with Gasteiger partial charge >= 0.3 is 0 Å². The molecule has 1 saturated heterocycles. The number of piperazine rings is 1. The Morgan fingerprint density at radius 2 is 1.41 bits per heavy atom. The Morgan fingerprint density at radius 3 is 2.08 bits per heavy atom. The number of amidine groups is 1. The molecule has 0 bridgehead atoms. The standard InChI is InChI=1S/C29H24ClN5OS/c30-23-13-11-21(12-14-23)27-22(20-35(32-27)25-9-5-2-6-10-25)19-26-28(36)31-29(37-26)34-17-15-33(16-18-34)24-7-3-1-4-8-24/h1-14,19-20H,15-18H2/b26-19-. The van der Waals surface area contributed by atoms with Crippen molar-refractivity contribution in [1.82, 2.24) is 14.7 Å². The lowest BCUT2D eigenvalue weighted by Gasteiger charge is -2.36. The molecule has 2 aliphatic rings. The predicted molar refractivity (Wildman–Crippen MR) is 152 cm³/mol. The van der Waals surface area contributed by atoms with Crippen LogP contribution in [0.2, 0.25) is 5.02 Å². The van der Waals surface area contributed by atoms with Gasteiger partial charge in [-0.05, 0) is 54.2 Å². The number of hydrogen-bond acceptors (Lipinski definition) is 5. The highest BCUT2D eigenvalue weighted by atomic mass is 35.5. The zero-order valence-corrected chi connectivity index (χ0v) is 21.6. The number of para-hydroxylation sites is 2. The minimum Gasteiger partial charge on any atom is -0.368 e. The number of benzene rings is 3. The van der Waals surface area contributed by atoms with Crippen molar-refractivity contribution in [2.45, 2.75) is 0 Å². The number of hydrogen-bond donors (Lipinski definition) is 0. The Balaban J connectivity index is 1.24. The molecule has 0 N–H and O–H groups in total. The van der Waals surface area contributed by atoms with Gasteiger partial charge < -0.3 is 9.80 Å². The first kappa shape index (κ1) is 23.6. The van der Waals surface area contributed by atoms with Crippen LogP contribution in [-0.4, -0.2) is 51.9 Å². The van der Waals surface area contributed by atoms with Crippen molar-refractivity contribution < 1.29 is 4.79 Å². The van der Waals surface area contributed by atoms with Gasteiger partial charge in [-0.25, -0.2) is 4.68 Å². The first-order valence-corrected chi connectivity index (χ1v) is 13.3. The molecule has 0 saturated carbocycles. The minimum absolute atomic E-state index is 0.208. The molecule has 6 rings (SSSR count). The quantitative estimate of drug-likeness (QED) is 0.306. The molecule has 1 aromatic heterocycles. The molecule has 0 radical (unpaired) electrons. The van der Waals surface area contributed by atoms with E-state index in [4.69, 9.17) is 16.7 Å². The van der Waals surface area contributed by atoms with Crippen LogP contribution in [0.4, 0.5) is 5.69 Å². The van der Waals surface area contributed by atoms with E-state index in [1.807, 2.05) is 77.6 Å². The molecule has 184 valence electrons. The van der Waals surface area contributed by atoms with Crippen LogP contribution >= 0.6 is 23.4 Å². The molecule has 37 heavy (non-hydrogen) atoms. The summed E-state index contributed by atoms with van der Waals surface area (Å²) in [4.78, 5) is 22.5. The van der Waals surface area contributed by atoms with E-state index in [1.54, 1.807) is 0 Å². The number of aliphatic imine (C=N–C) groups is 1. The van der Waals surface area contributed by atoms with Crippen molar-refractivity contribution >= 4 is 46.2 Å². The largest absolute Gasteiger partial charge is 0.368 e. The van der Waals surface area contributed by atoms with Crippen LogP contribution in [0.15, 0.2) is 101 Å². The molecular weight excluding hydrogens is 502 g/mol. The lowest BCUT2D eigenvalue weighted by molar-refractivity contribution is -0.113. The number of aromatic nitrogens is 2. The number of rotatable bonds is 4. The molecule has 3 heterocycles. The third-order valence-electron chi connectivity index (χ3n) is 6.45. The highest BCUT2D eigenvalue weighted by molar-refractivity contribution is 8.18. The Kier molecular flexibility index (Phi) is 6.55. The second-order valence-corrected chi connectivity index (χ2v) is 10.3. The molecule has 0 unspecified atom stereocenters. The number of halogens is 1. The number of nitrogens with zero attached hydrogens (tertiary/aromatic N) is 5. The number of anilines is 1. The van der Waals surface area contributed by atoms with E-state index in [9.17, 15) is 4.79 Å². The van der Waals surface area contributed by atoms with Crippen molar-refractivity contribution in [3.05, 3.63) is 107 Å². The monoisotopic (exact) mass is 525 g/mol. The van der Waals surface area contributed by atoms with Crippen molar-refractivity contribution in [3.8, 4) is 16.9 Å². The summed E-state index contributed by atoms with van der Waals surface area (Å²) in [5, 5.41) is 6.28. The first-order chi connectivity index (χ1) is 18.1. The number of carbonyl (C=O) groups is 1. The Labute approximate surface area is 224 Å². The fourth-order valence-corrected chi connectivity index (χ4v) is 5.59. The maximum atomic E-state index is 12.9. The van der Waals surface area contributed by atoms with Crippen LogP contribution < -0.4 is 4.90 Å². The summed E-state index contributed by atoms with van der Waals surface area (Å²) in [5.74, 6) is -0.208. The fourth-order valence-electron chi connectivity index (χ4n) is 4.51. The lowest BCUT2D eigenvalue weighted by atomic mass is 10.1. The average molecular weight is 526 g/mol. The first-order valence-electron chi connectivity index (χ1n) is 12.1. The van der Waals surface area contributed by atoms with E-state index < -0.39 is 0 Å². The van der Waals surface area contributed by atoms with Gasteiger partial charge in [-0.2, -0.15) is 10.1 Å². The zero-order valence-electron chi connectivity index (χ0n) is 20.0. The second-order valence-electron chi connectivity index (χ2n) is 8.84. The molecule has 6 nitrogen and oxygen atoms in total. The van der Waals surface area contributed by atoms with E-state index >= 15 is 0 Å². The maximum absolute atomic E-state index is 12.9. The third-order valence-corrected chi connectivity index (χ3v) is 7.74. The van der Waals surface area contributed by atoms with E-state index in [-0.39, 0.29) is 5.91 Å². The highest BCUT2D eigenvalue weighted by Gasteiger charge is 2.29. The Bertz CT molecular complexity index is 1470. The van der Waals surface area contributed by atoms with E-state index in [0.717, 1.165) is 53.9 Å². The lowest BCUT2D eigenvalue weighted by Crippen LogP contribution is -2.47. The van der Waals surface area contributed by atoms with Crippen LogP contribution in [0.3, 0.4) is 0 Å². The molecule has 1 fully saturated rings. The molecule has 3 aromatic carbocycles. The predicted octanol–water partition coefficient (Wildman–Crippen LogP) is 5.99. The van der Waals surface area contributed by atoms with Gasteiger partial charge in [0, 0.05) is 54.2 Å². The van der Waals surface area contributed by atoms with Gasteiger partial charge in [0.15, 0.2) is 5.17 Å². The number of thioether (sulfide) groups is 1. The minimum atomic E-state index is -0.208. The zero-order chi connectivity index (χ0) is 25.2. The van der Waals surface area contributed by atoms with Crippen LogP contribution in [0.25, 0.3) is 23.0 Å². The van der Waals surface area contributed by atoms with Gasteiger partial charge in [-0.15, -0.1) is 0 Å². The van der Waals surface area contributed by atoms with Crippen molar-refractivity contribution in [1.29, 1.82) is 0 Å². The van der Waals surface area contributed by atoms with Gasteiger partial charge in [0.25, 0.3) is 5.91 Å². The third kappa shape index (κ3) is 5.05. The summed E-state index contributed by atoms with van der Waals surface area (Å²) in [6.07, 6.45) is 3.86. The molecule has 1 amide bonds. The molecule has 0 atom stereocenters. The molecule has 0 aliphatic carbocycles. The van der Waals surface area contributed by atoms with E-state index in [1.165, 1.54) is 17.4 Å². The number of amides is 1. The topological polar surface area (TPSA) is 53.7 Å². The molecular formula is C29H24ClN5OS. The molecule has 4 aromatic rings. The van der Waals surface area contributed by atoms with Crippen molar-refractivity contribution in [2.75, 3.05) is 31.1 Å². The smallest absolute Gasteiger partial charge is 0.286 e. The molecule has 2 aliphatic heterocycles. The van der Waals surface area contributed by atoms with Crippen LogP contribution in [-0.2, 0) is 4.79 Å². The fraction of sp³-hybridized carbons (Fsp3) is 0.138. The normalized spacial score (nSPS) is 16.9. The SMILES string of the molecule is O=C1N=C(N2CCN(c3ccccc3)CC2)S/C1=C\c1cn(-c2ccccc2)nc1-c1ccc(Cl)cc1.